The van der Waals surface area contributed by atoms with Crippen molar-refractivity contribution in [3.05, 3.63) is 29.3 Å². The molecule has 0 fully saturated rings. The van der Waals surface area contributed by atoms with Gasteiger partial charge in [-0.15, -0.1) is 0 Å². The van der Waals surface area contributed by atoms with E-state index in [0.29, 0.717) is 12.0 Å². The van der Waals surface area contributed by atoms with Gasteiger partial charge in [0.05, 0.1) is 10.8 Å². The van der Waals surface area contributed by atoms with E-state index in [1.807, 2.05) is 6.92 Å². The van der Waals surface area contributed by atoms with E-state index in [2.05, 4.69) is 0 Å². The number of benzene rings is 1. The lowest BCUT2D eigenvalue weighted by Crippen LogP contribution is -2.33. The summed E-state index contributed by atoms with van der Waals surface area (Å²) in [5.41, 5.74) is 0.887. The molecule has 1 amide bonds. The molecule has 0 aliphatic rings. The Morgan fingerprint density at radius 1 is 1.32 bits per heavy atom. The van der Waals surface area contributed by atoms with Crippen LogP contribution in [0.2, 0.25) is 0 Å². The monoisotopic (exact) mass is 327 g/mol. The van der Waals surface area contributed by atoms with Crippen molar-refractivity contribution < 1.29 is 23.1 Å². The minimum atomic E-state index is -3.43. The third-order valence-electron chi connectivity index (χ3n) is 3.41. The number of carboxylic acid groups (broad SMARTS) is 1. The Kier molecular flexibility index (Phi) is 5.71. The highest BCUT2D eigenvalue weighted by Gasteiger charge is 2.21. The third kappa shape index (κ3) is 4.30. The molecule has 1 aromatic rings. The molecule has 1 unspecified atom stereocenters. The van der Waals surface area contributed by atoms with Crippen molar-refractivity contribution in [1.82, 2.24) is 4.90 Å². The van der Waals surface area contributed by atoms with Gasteiger partial charge in [0.2, 0.25) is 0 Å². The lowest BCUT2D eigenvalue weighted by Gasteiger charge is -2.20. The average molecular weight is 327 g/mol. The number of carboxylic acids is 1. The van der Waals surface area contributed by atoms with Gasteiger partial charge in [-0.05, 0) is 24.1 Å². The molecule has 7 heteroatoms. The maximum absolute atomic E-state index is 12.3. The van der Waals surface area contributed by atoms with Crippen LogP contribution in [-0.2, 0) is 21.1 Å². The number of sulfone groups is 1. The minimum Gasteiger partial charge on any atom is -0.481 e. The van der Waals surface area contributed by atoms with Crippen LogP contribution in [0.15, 0.2) is 23.1 Å². The predicted octanol–water partition coefficient (Wildman–Crippen LogP) is 1.45. The topological polar surface area (TPSA) is 91.8 Å². The highest BCUT2D eigenvalue weighted by atomic mass is 32.2. The van der Waals surface area contributed by atoms with Crippen LogP contribution < -0.4 is 0 Å². The summed E-state index contributed by atoms with van der Waals surface area (Å²) in [4.78, 5) is 24.6. The Morgan fingerprint density at radius 3 is 2.36 bits per heavy atom. The molecule has 1 aromatic carbocycles. The molecule has 0 aliphatic heterocycles. The molecule has 0 aromatic heterocycles. The molecule has 1 rings (SSSR count). The lowest BCUT2D eigenvalue weighted by atomic mass is 10.1. The van der Waals surface area contributed by atoms with Crippen LogP contribution in [-0.4, -0.2) is 50.1 Å². The van der Waals surface area contributed by atoms with Gasteiger partial charge in [0.25, 0.3) is 5.91 Å². The molecule has 0 heterocycles. The second-order valence-electron chi connectivity index (χ2n) is 5.37. The summed E-state index contributed by atoms with van der Waals surface area (Å²) in [5.74, 6) is -2.09. The molecular formula is C15H21NO5S. The molecular weight excluding hydrogens is 306 g/mol. The highest BCUT2D eigenvalue weighted by Crippen LogP contribution is 2.19. The zero-order valence-corrected chi connectivity index (χ0v) is 14.0. The van der Waals surface area contributed by atoms with Crippen LogP contribution in [0.3, 0.4) is 0 Å². The average Bonchev–Trinajstić information content (AvgIpc) is 2.44. The van der Waals surface area contributed by atoms with Crippen molar-refractivity contribution in [3.8, 4) is 0 Å². The van der Waals surface area contributed by atoms with Gasteiger partial charge in [-0.3, -0.25) is 9.59 Å². The van der Waals surface area contributed by atoms with Crippen LogP contribution in [0.25, 0.3) is 0 Å². The highest BCUT2D eigenvalue weighted by molar-refractivity contribution is 7.90. The Hall–Kier alpha value is -1.89. The van der Waals surface area contributed by atoms with Crippen molar-refractivity contribution in [2.45, 2.75) is 25.2 Å². The fraction of sp³-hybridized carbons (Fsp3) is 0.467. The zero-order valence-electron chi connectivity index (χ0n) is 13.2. The predicted molar refractivity (Wildman–Crippen MR) is 82.7 cm³/mol. The lowest BCUT2D eigenvalue weighted by molar-refractivity contribution is -0.141. The van der Waals surface area contributed by atoms with Crippen LogP contribution >= 0.6 is 0 Å². The van der Waals surface area contributed by atoms with E-state index in [1.165, 1.54) is 24.9 Å². The number of aryl methyl sites for hydroxylation is 1. The fourth-order valence-corrected chi connectivity index (χ4v) is 3.15. The molecule has 0 aliphatic carbocycles. The van der Waals surface area contributed by atoms with Gasteiger partial charge < -0.3 is 10.0 Å². The van der Waals surface area contributed by atoms with Gasteiger partial charge in [-0.2, -0.15) is 0 Å². The van der Waals surface area contributed by atoms with Crippen LogP contribution in [0.4, 0.5) is 0 Å². The SMILES string of the molecule is CCc1ccc(C(=O)N(C)CC(C)C(=O)O)cc1S(C)(=O)=O. The number of nitrogens with zero attached hydrogens (tertiary/aromatic N) is 1. The summed E-state index contributed by atoms with van der Waals surface area (Å²) >= 11 is 0. The first-order valence-corrected chi connectivity index (χ1v) is 8.78. The Morgan fingerprint density at radius 2 is 1.91 bits per heavy atom. The normalized spacial score (nSPS) is 12.7. The van der Waals surface area contributed by atoms with E-state index in [9.17, 15) is 18.0 Å². The maximum Gasteiger partial charge on any atom is 0.308 e. The van der Waals surface area contributed by atoms with Gasteiger partial charge in [0, 0.05) is 25.4 Å². The summed E-state index contributed by atoms with van der Waals surface area (Å²) in [6.07, 6.45) is 1.65. The van der Waals surface area contributed by atoms with Crippen LogP contribution in [0.5, 0.6) is 0 Å². The van der Waals surface area contributed by atoms with E-state index >= 15 is 0 Å². The molecule has 122 valence electrons. The van der Waals surface area contributed by atoms with E-state index < -0.39 is 27.6 Å². The molecule has 0 saturated heterocycles. The molecule has 0 bridgehead atoms. The third-order valence-corrected chi connectivity index (χ3v) is 4.59. The second-order valence-corrected chi connectivity index (χ2v) is 7.36. The molecule has 6 nitrogen and oxygen atoms in total. The van der Waals surface area contributed by atoms with E-state index in [1.54, 1.807) is 12.1 Å². The number of carbonyl (C=O) groups is 2. The Bertz CT molecular complexity index is 681. The number of hydrogen-bond donors (Lipinski definition) is 1. The summed E-state index contributed by atoms with van der Waals surface area (Å²) in [7, 11) is -1.93. The number of carbonyl (C=O) groups excluding carboxylic acids is 1. The van der Waals surface area contributed by atoms with Crippen LogP contribution in [0.1, 0.15) is 29.8 Å². The van der Waals surface area contributed by atoms with Crippen LogP contribution in [0, 0.1) is 5.92 Å². The molecule has 22 heavy (non-hydrogen) atoms. The number of amides is 1. The maximum atomic E-state index is 12.3. The Labute approximate surface area is 130 Å². The summed E-state index contributed by atoms with van der Waals surface area (Å²) in [5, 5.41) is 8.89. The summed E-state index contributed by atoms with van der Waals surface area (Å²) in [6.45, 7) is 3.40. The number of rotatable bonds is 6. The smallest absolute Gasteiger partial charge is 0.308 e. The number of hydrogen-bond acceptors (Lipinski definition) is 4. The summed E-state index contributed by atoms with van der Waals surface area (Å²) < 4.78 is 23.6. The standard InChI is InChI=1S/C15H21NO5S/c1-5-11-6-7-12(8-13(11)22(4,20)21)14(17)16(3)9-10(2)15(18)19/h6-8,10H,5,9H2,1-4H3,(H,18,19). The molecule has 0 radical (unpaired) electrons. The Balaban J connectivity index is 3.12. The zero-order chi connectivity index (χ0) is 17.1. The van der Waals surface area contributed by atoms with E-state index in [4.69, 9.17) is 5.11 Å². The fourth-order valence-electron chi connectivity index (χ4n) is 2.12. The van der Waals surface area contributed by atoms with Crippen molar-refractivity contribution in [2.75, 3.05) is 19.8 Å². The largest absolute Gasteiger partial charge is 0.481 e. The van der Waals surface area contributed by atoms with Gasteiger partial charge in [-0.25, -0.2) is 8.42 Å². The summed E-state index contributed by atoms with van der Waals surface area (Å²) in [6, 6.07) is 4.55. The van der Waals surface area contributed by atoms with Crippen molar-refractivity contribution in [3.63, 3.8) is 0 Å². The van der Waals surface area contributed by atoms with Gasteiger partial charge >= 0.3 is 5.97 Å². The minimum absolute atomic E-state index is 0.0535. The second kappa shape index (κ2) is 6.91. The van der Waals surface area contributed by atoms with Gasteiger partial charge in [0.1, 0.15) is 0 Å². The molecule has 1 N–H and O–H groups in total. The van der Waals surface area contributed by atoms with Gasteiger partial charge in [-0.1, -0.05) is 19.9 Å². The van der Waals surface area contributed by atoms with Crippen molar-refractivity contribution >= 4 is 21.7 Å². The molecule has 0 saturated carbocycles. The molecule has 1 atom stereocenters. The quantitative estimate of drug-likeness (QED) is 0.853. The van der Waals surface area contributed by atoms with E-state index in [-0.39, 0.29) is 17.0 Å². The van der Waals surface area contributed by atoms with Gasteiger partial charge in [0.15, 0.2) is 9.84 Å². The first kappa shape index (κ1) is 18.2. The number of aliphatic carboxylic acids is 1. The molecule has 0 spiro atoms. The first-order valence-electron chi connectivity index (χ1n) is 6.89. The van der Waals surface area contributed by atoms with Crippen molar-refractivity contribution in [2.24, 2.45) is 5.92 Å². The van der Waals surface area contributed by atoms with E-state index in [0.717, 1.165) is 6.26 Å². The van der Waals surface area contributed by atoms with Crippen molar-refractivity contribution in [1.29, 1.82) is 0 Å². The first-order chi connectivity index (χ1) is 10.1.